The molecule has 6 heteroatoms. The molecular weight excluding hydrogens is 254 g/mol. The third kappa shape index (κ3) is 2.90. The molecule has 0 bridgehead atoms. The van der Waals surface area contributed by atoms with Gasteiger partial charge in [-0.05, 0) is 24.6 Å². The molecule has 2 rings (SSSR count). The maximum Gasteiger partial charge on any atom is 0.253 e. The van der Waals surface area contributed by atoms with Gasteiger partial charge in [-0.15, -0.1) is 0 Å². The summed E-state index contributed by atoms with van der Waals surface area (Å²) in [6.07, 6.45) is 4.31. The Morgan fingerprint density at radius 3 is 2.90 bits per heavy atom. The van der Waals surface area contributed by atoms with Gasteiger partial charge in [0.25, 0.3) is 5.91 Å². The molecule has 6 nitrogen and oxygen atoms in total. The van der Waals surface area contributed by atoms with E-state index in [2.05, 4.69) is 20.6 Å². The van der Waals surface area contributed by atoms with Crippen LogP contribution in [0.5, 0.6) is 0 Å². The van der Waals surface area contributed by atoms with Gasteiger partial charge in [-0.1, -0.05) is 6.92 Å². The summed E-state index contributed by atoms with van der Waals surface area (Å²) in [7, 11) is 1.60. The van der Waals surface area contributed by atoms with E-state index in [-0.39, 0.29) is 11.9 Å². The normalized spacial score (nSPS) is 11.9. The van der Waals surface area contributed by atoms with Gasteiger partial charge in [0.2, 0.25) is 0 Å². The van der Waals surface area contributed by atoms with Crippen LogP contribution in [0.3, 0.4) is 0 Å². The molecule has 0 saturated heterocycles. The van der Waals surface area contributed by atoms with E-state index in [9.17, 15) is 4.79 Å². The number of benzene rings is 1. The van der Waals surface area contributed by atoms with Gasteiger partial charge in [-0.25, -0.2) is 4.98 Å². The van der Waals surface area contributed by atoms with Gasteiger partial charge < -0.3 is 21.4 Å². The summed E-state index contributed by atoms with van der Waals surface area (Å²) in [5.41, 5.74) is 7.68. The summed E-state index contributed by atoms with van der Waals surface area (Å²) in [6, 6.07) is 5.18. The van der Waals surface area contributed by atoms with Crippen LogP contribution in [0.2, 0.25) is 0 Å². The number of aromatic nitrogens is 2. The Bertz CT molecular complexity index is 579. The molecule has 0 radical (unpaired) electrons. The monoisotopic (exact) mass is 273 g/mol. The zero-order chi connectivity index (χ0) is 14.5. The zero-order valence-corrected chi connectivity index (χ0v) is 11.6. The molecule has 5 N–H and O–H groups in total. The lowest BCUT2D eigenvalue weighted by molar-refractivity contribution is 0.0964. The molecule has 0 spiro atoms. The van der Waals surface area contributed by atoms with Gasteiger partial charge >= 0.3 is 0 Å². The molecule has 20 heavy (non-hydrogen) atoms. The van der Waals surface area contributed by atoms with E-state index in [4.69, 9.17) is 5.73 Å². The molecule has 0 aliphatic heterocycles. The number of amides is 1. The number of nitrogens with zero attached hydrogens (tertiary/aromatic N) is 1. The van der Waals surface area contributed by atoms with Crippen LogP contribution in [0.15, 0.2) is 30.6 Å². The van der Waals surface area contributed by atoms with Gasteiger partial charge in [0, 0.05) is 30.8 Å². The summed E-state index contributed by atoms with van der Waals surface area (Å²) < 4.78 is 0. The Balaban J connectivity index is 2.31. The number of aromatic amines is 1. The average Bonchev–Trinajstić information content (AvgIpc) is 2.98. The molecule has 1 amide bonds. The highest BCUT2D eigenvalue weighted by molar-refractivity contribution is 6.00. The van der Waals surface area contributed by atoms with Crippen LogP contribution in [0.25, 0.3) is 0 Å². The topological polar surface area (TPSA) is 95.8 Å². The first-order chi connectivity index (χ1) is 9.65. The van der Waals surface area contributed by atoms with Gasteiger partial charge in [0.15, 0.2) is 0 Å². The molecule has 1 heterocycles. The summed E-state index contributed by atoms with van der Waals surface area (Å²) in [5.74, 6) is 0.680. The maximum absolute atomic E-state index is 11.9. The van der Waals surface area contributed by atoms with E-state index in [0.717, 1.165) is 12.2 Å². The molecule has 1 atom stereocenters. The first-order valence-corrected chi connectivity index (χ1v) is 6.53. The summed E-state index contributed by atoms with van der Waals surface area (Å²) in [4.78, 5) is 19.2. The van der Waals surface area contributed by atoms with Gasteiger partial charge in [-0.3, -0.25) is 4.79 Å². The van der Waals surface area contributed by atoms with Crippen molar-refractivity contribution < 1.29 is 4.79 Å². The quantitative estimate of drug-likeness (QED) is 0.626. The summed E-state index contributed by atoms with van der Waals surface area (Å²) in [6.45, 7) is 2.05. The number of nitrogens with one attached hydrogen (secondary N) is 3. The van der Waals surface area contributed by atoms with Crippen molar-refractivity contribution in [2.75, 3.05) is 18.1 Å². The van der Waals surface area contributed by atoms with Crippen molar-refractivity contribution in [3.63, 3.8) is 0 Å². The number of H-pyrrole nitrogens is 1. The van der Waals surface area contributed by atoms with Crippen molar-refractivity contribution in [2.24, 2.45) is 0 Å². The number of hydrogen-bond acceptors (Lipinski definition) is 4. The minimum Gasteiger partial charge on any atom is -0.399 e. The lowest BCUT2D eigenvalue weighted by Crippen LogP contribution is -2.21. The van der Waals surface area contributed by atoms with Crippen molar-refractivity contribution in [2.45, 2.75) is 19.4 Å². The molecule has 0 aliphatic carbocycles. The maximum atomic E-state index is 11.9. The number of nitrogen functional groups attached to an aromatic ring is 1. The fourth-order valence-corrected chi connectivity index (χ4v) is 2.03. The Hall–Kier alpha value is -2.50. The van der Waals surface area contributed by atoms with Crippen molar-refractivity contribution in [3.8, 4) is 0 Å². The fourth-order valence-electron chi connectivity index (χ4n) is 2.03. The molecular formula is C14H19N5O. The molecule has 1 unspecified atom stereocenters. The van der Waals surface area contributed by atoms with Crippen molar-refractivity contribution >= 4 is 17.3 Å². The smallest absolute Gasteiger partial charge is 0.253 e. The first kappa shape index (κ1) is 13.9. The fraction of sp³-hybridized carbons (Fsp3) is 0.286. The highest BCUT2D eigenvalue weighted by Gasteiger charge is 2.16. The van der Waals surface area contributed by atoms with E-state index >= 15 is 0 Å². The van der Waals surface area contributed by atoms with Gasteiger partial charge in [0.05, 0.1) is 11.6 Å². The van der Waals surface area contributed by atoms with Crippen LogP contribution in [0.1, 0.15) is 35.6 Å². The number of nitrogens with two attached hydrogens (primary N) is 1. The third-order valence-electron chi connectivity index (χ3n) is 3.10. The second kappa shape index (κ2) is 6.10. The predicted molar refractivity (Wildman–Crippen MR) is 79.5 cm³/mol. The van der Waals surface area contributed by atoms with Crippen molar-refractivity contribution in [1.82, 2.24) is 15.3 Å². The number of rotatable bonds is 5. The summed E-state index contributed by atoms with van der Waals surface area (Å²) in [5, 5.41) is 5.95. The lowest BCUT2D eigenvalue weighted by Gasteiger charge is -2.18. The number of carbonyl (C=O) groups is 1. The Morgan fingerprint density at radius 1 is 1.50 bits per heavy atom. The van der Waals surface area contributed by atoms with Crippen molar-refractivity contribution in [1.29, 1.82) is 0 Å². The Morgan fingerprint density at radius 2 is 2.30 bits per heavy atom. The van der Waals surface area contributed by atoms with Crippen LogP contribution in [0.4, 0.5) is 11.4 Å². The molecule has 106 valence electrons. The molecule has 2 aromatic rings. The Kier molecular flexibility index (Phi) is 4.24. The van der Waals surface area contributed by atoms with Gasteiger partial charge in [0.1, 0.15) is 5.82 Å². The highest BCUT2D eigenvalue weighted by atomic mass is 16.1. The third-order valence-corrected chi connectivity index (χ3v) is 3.10. The summed E-state index contributed by atoms with van der Waals surface area (Å²) >= 11 is 0. The van der Waals surface area contributed by atoms with Crippen LogP contribution in [-0.2, 0) is 0 Å². The van der Waals surface area contributed by atoms with E-state index in [1.165, 1.54) is 0 Å². The number of hydrogen-bond donors (Lipinski definition) is 4. The van der Waals surface area contributed by atoms with E-state index in [1.807, 2.05) is 6.92 Å². The molecule has 0 fully saturated rings. The highest BCUT2D eigenvalue weighted by Crippen LogP contribution is 2.25. The van der Waals surface area contributed by atoms with E-state index in [0.29, 0.717) is 16.9 Å². The predicted octanol–water partition coefficient (Wildman–Crippen LogP) is 1.91. The van der Waals surface area contributed by atoms with E-state index < -0.39 is 0 Å². The average molecular weight is 273 g/mol. The lowest BCUT2D eigenvalue weighted by atomic mass is 10.1. The molecule has 0 saturated carbocycles. The molecule has 0 aliphatic rings. The first-order valence-electron chi connectivity index (χ1n) is 6.53. The Labute approximate surface area is 117 Å². The number of anilines is 2. The van der Waals surface area contributed by atoms with E-state index in [1.54, 1.807) is 37.6 Å². The largest absolute Gasteiger partial charge is 0.399 e. The molecule has 1 aromatic heterocycles. The second-order valence-corrected chi connectivity index (χ2v) is 4.46. The number of imidazole rings is 1. The minimum atomic E-state index is -0.151. The van der Waals surface area contributed by atoms with Crippen LogP contribution < -0.4 is 16.4 Å². The van der Waals surface area contributed by atoms with Crippen molar-refractivity contribution in [3.05, 3.63) is 42.0 Å². The van der Waals surface area contributed by atoms with Crippen LogP contribution in [0, 0.1) is 0 Å². The SMILES string of the molecule is CCC(Nc1cc(N)ccc1C(=O)NC)c1ncc[nH]1. The van der Waals surface area contributed by atoms with Gasteiger partial charge in [-0.2, -0.15) is 0 Å². The van der Waals surface area contributed by atoms with Crippen LogP contribution >= 0.6 is 0 Å². The van der Waals surface area contributed by atoms with Crippen LogP contribution in [-0.4, -0.2) is 22.9 Å². The zero-order valence-electron chi connectivity index (χ0n) is 11.6. The standard InChI is InChI=1S/C14H19N5O/c1-3-11(13-17-6-7-18-13)19-12-8-9(15)4-5-10(12)14(20)16-2/h4-8,11,19H,3,15H2,1-2H3,(H,16,20)(H,17,18). The second-order valence-electron chi connectivity index (χ2n) is 4.46. The minimum absolute atomic E-state index is 0.00444. The number of carbonyl (C=O) groups excluding carboxylic acids is 1. The molecule has 1 aromatic carbocycles.